The Balaban J connectivity index is 2.16. The molecule has 0 heterocycles. The Morgan fingerprint density at radius 1 is 1.21 bits per heavy atom. The molecule has 2 nitrogen and oxygen atoms in total. The van der Waals surface area contributed by atoms with Crippen molar-refractivity contribution in [2.45, 2.75) is 18.7 Å². The fraction of sp³-hybridized carbons (Fsp3) is 0.312. The molecule has 100 valence electrons. The minimum Gasteiger partial charge on any atom is -0.342 e. The van der Waals surface area contributed by atoms with Gasteiger partial charge in [0.1, 0.15) is 0 Å². The van der Waals surface area contributed by atoms with Gasteiger partial charge in [0.15, 0.2) is 0 Å². The lowest BCUT2D eigenvalue weighted by Crippen LogP contribution is -2.28. The van der Waals surface area contributed by atoms with Gasteiger partial charge in [-0.05, 0) is 36.2 Å². The largest absolute Gasteiger partial charge is 0.342 e. The summed E-state index contributed by atoms with van der Waals surface area (Å²) >= 11 is 5.91. The summed E-state index contributed by atoms with van der Waals surface area (Å²) in [6.45, 7) is 2.62. The number of benzene rings is 2. The summed E-state index contributed by atoms with van der Waals surface area (Å²) in [4.78, 5) is 14.0. The Kier molecular flexibility index (Phi) is 4.43. The molecule has 19 heavy (non-hydrogen) atoms. The number of amides is 1. The van der Waals surface area contributed by atoms with Gasteiger partial charge in [-0.3, -0.25) is 4.79 Å². The zero-order valence-corrected chi connectivity index (χ0v) is 12.0. The third-order valence-corrected chi connectivity index (χ3v) is 3.42. The molecule has 0 aromatic heterocycles. The first-order chi connectivity index (χ1) is 9.08. The molecule has 0 aliphatic heterocycles. The predicted molar refractivity (Wildman–Crippen MR) is 80.8 cm³/mol. The summed E-state index contributed by atoms with van der Waals surface area (Å²) in [6.07, 6.45) is 0.803. The highest BCUT2D eigenvalue weighted by molar-refractivity contribution is 6.20. The van der Waals surface area contributed by atoms with Crippen LogP contribution in [-0.4, -0.2) is 29.8 Å². The van der Waals surface area contributed by atoms with Crippen molar-refractivity contribution in [3.8, 4) is 0 Å². The van der Waals surface area contributed by atoms with Crippen molar-refractivity contribution in [3.63, 3.8) is 0 Å². The smallest absolute Gasteiger partial charge is 0.253 e. The monoisotopic (exact) mass is 275 g/mol. The Bertz CT molecular complexity index is 580. The molecule has 2 aromatic carbocycles. The quantitative estimate of drug-likeness (QED) is 0.774. The topological polar surface area (TPSA) is 20.3 Å². The normalized spacial score (nSPS) is 12.4. The highest BCUT2D eigenvalue weighted by Gasteiger charge is 2.12. The van der Waals surface area contributed by atoms with Gasteiger partial charge in [-0.2, -0.15) is 0 Å². The van der Waals surface area contributed by atoms with E-state index in [9.17, 15) is 4.79 Å². The zero-order valence-electron chi connectivity index (χ0n) is 11.3. The SMILES string of the molecule is CC(Cl)CCN(C)C(=O)c1ccc2ccccc2c1. The van der Waals surface area contributed by atoms with E-state index in [0.29, 0.717) is 6.54 Å². The van der Waals surface area contributed by atoms with Crippen LogP contribution in [0.4, 0.5) is 0 Å². The number of nitrogens with zero attached hydrogens (tertiary/aromatic N) is 1. The summed E-state index contributed by atoms with van der Waals surface area (Å²) in [5.74, 6) is 0.0445. The standard InChI is InChI=1S/C16H18ClNO/c1-12(17)9-10-18(2)16(19)15-8-7-13-5-3-4-6-14(13)11-15/h3-8,11-12H,9-10H2,1-2H3. The third kappa shape index (κ3) is 3.48. The first kappa shape index (κ1) is 13.9. The van der Waals surface area contributed by atoms with Gasteiger partial charge in [0, 0.05) is 24.5 Å². The van der Waals surface area contributed by atoms with Crippen molar-refractivity contribution < 1.29 is 4.79 Å². The molecule has 0 spiro atoms. The van der Waals surface area contributed by atoms with Crippen molar-refractivity contribution in [2.75, 3.05) is 13.6 Å². The lowest BCUT2D eigenvalue weighted by atomic mass is 10.1. The zero-order chi connectivity index (χ0) is 13.8. The molecule has 0 aliphatic carbocycles. The second-order valence-electron chi connectivity index (χ2n) is 4.86. The summed E-state index contributed by atoms with van der Waals surface area (Å²) in [5.41, 5.74) is 0.725. The fourth-order valence-corrected chi connectivity index (χ4v) is 2.11. The molecule has 1 atom stereocenters. The number of fused-ring (bicyclic) bond motifs is 1. The number of carbonyl (C=O) groups excluding carboxylic acids is 1. The van der Waals surface area contributed by atoms with Gasteiger partial charge in [-0.15, -0.1) is 11.6 Å². The Hall–Kier alpha value is -1.54. The summed E-state index contributed by atoms with van der Waals surface area (Å²) in [6, 6.07) is 13.9. The number of alkyl halides is 1. The highest BCUT2D eigenvalue weighted by atomic mass is 35.5. The molecule has 0 radical (unpaired) electrons. The van der Waals surface area contributed by atoms with E-state index in [0.717, 1.165) is 22.8 Å². The van der Waals surface area contributed by atoms with Gasteiger partial charge >= 0.3 is 0 Å². The highest BCUT2D eigenvalue weighted by Crippen LogP contribution is 2.16. The molecule has 0 bridgehead atoms. The van der Waals surface area contributed by atoms with Crippen molar-refractivity contribution in [1.82, 2.24) is 4.90 Å². The maximum atomic E-state index is 12.3. The number of carbonyl (C=O) groups is 1. The molecule has 2 rings (SSSR count). The van der Waals surface area contributed by atoms with Crippen molar-refractivity contribution in [3.05, 3.63) is 48.0 Å². The van der Waals surface area contributed by atoms with Crippen molar-refractivity contribution in [2.24, 2.45) is 0 Å². The molecule has 0 N–H and O–H groups in total. The predicted octanol–water partition coefficient (Wildman–Crippen LogP) is 3.93. The summed E-state index contributed by atoms with van der Waals surface area (Å²) in [7, 11) is 1.82. The Morgan fingerprint density at radius 3 is 2.58 bits per heavy atom. The van der Waals surface area contributed by atoms with E-state index < -0.39 is 0 Å². The molecular weight excluding hydrogens is 258 g/mol. The van der Waals surface area contributed by atoms with E-state index >= 15 is 0 Å². The van der Waals surface area contributed by atoms with Crippen molar-refractivity contribution in [1.29, 1.82) is 0 Å². The molecule has 0 fully saturated rings. The van der Waals surface area contributed by atoms with Crippen LogP contribution in [0.2, 0.25) is 0 Å². The van der Waals surface area contributed by atoms with E-state index in [1.807, 2.05) is 56.4 Å². The molecular formula is C16H18ClNO. The van der Waals surface area contributed by atoms with E-state index in [-0.39, 0.29) is 11.3 Å². The van der Waals surface area contributed by atoms with Crippen LogP contribution in [-0.2, 0) is 0 Å². The van der Waals surface area contributed by atoms with E-state index in [4.69, 9.17) is 11.6 Å². The Morgan fingerprint density at radius 2 is 1.89 bits per heavy atom. The van der Waals surface area contributed by atoms with Crippen LogP contribution in [0.3, 0.4) is 0 Å². The van der Waals surface area contributed by atoms with Crippen LogP contribution in [0.1, 0.15) is 23.7 Å². The summed E-state index contributed by atoms with van der Waals surface area (Å²) < 4.78 is 0. The fourth-order valence-electron chi connectivity index (χ4n) is 2.02. The van der Waals surface area contributed by atoms with Crippen molar-refractivity contribution >= 4 is 28.3 Å². The number of hydrogen-bond donors (Lipinski definition) is 0. The average Bonchev–Trinajstić information content (AvgIpc) is 2.43. The first-order valence-corrected chi connectivity index (χ1v) is 6.90. The lowest BCUT2D eigenvalue weighted by Gasteiger charge is -2.18. The van der Waals surface area contributed by atoms with E-state index in [2.05, 4.69) is 0 Å². The van der Waals surface area contributed by atoms with Crippen LogP contribution in [0, 0.1) is 0 Å². The van der Waals surface area contributed by atoms with E-state index in [1.54, 1.807) is 4.90 Å². The van der Waals surface area contributed by atoms with Gasteiger partial charge in [0.05, 0.1) is 0 Å². The number of halogens is 1. The lowest BCUT2D eigenvalue weighted by molar-refractivity contribution is 0.0794. The first-order valence-electron chi connectivity index (χ1n) is 6.46. The second-order valence-corrected chi connectivity index (χ2v) is 5.60. The van der Waals surface area contributed by atoms with Crippen LogP contribution >= 0.6 is 11.6 Å². The van der Waals surface area contributed by atoms with Crippen LogP contribution < -0.4 is 0 Å². The number of hydrogen-bond acceptors (Lipinski definition) is 1. The molecule has 1 unspecified atom stereocenters. The Labute approximate surface area is 119 Å². The minimum atomic E-state index is 0.0445. The maximum absolute atomic E-state index is 12.3. The summed E-state index contributed by atoms with van der Waals surface area (Å²) in [5, 5.41) is 2.33. The number of rotatable bonds is 4. The van der Waals surface area contributed by atoms with Gasteiger partial charge in [-0.1, -0.05) is 30.3 Å². The second kappa shape index (κ2) is 6.07. The maximum Gasteiger partial charge on any atom is 0.253 e. The molecule has 0 saturated heterocycles. The van der Waals surface area contributed by atoms with Gasteiger partial charge in [-0.25, -0.2) is 0 Å². The molecule has 2 aromatic rings. The van der Waals surface area contributed by atoms with Gasteiger partial charge in [0.2, 0.25) is 0 Å². The van der Waals surface area contributed by atoms with Crippen LogP contribution in [0.15, 0.2) is 42.5 Å². The third-order valence-electron chi connectivity index (χ3n) is 3.21. The molecule has 3 heteroatoms. The average molecular weight is 276 g/mol. The van der Waals surface area contributed by atoms with Crippen LogP contribution in [0.5, 0.6) is 0 Å². The van der Waals surface area contributed by atoms with Crippen LogP contribution in [0.25, 0.3) is 10.8 Å². The molecule has 0 saturated carbocycles. The van der Waals surface area contributed by atoms with E-state index in [1.165, 1.54) is 0 Å². The molecule has 1 amide bonds. The minimum absolute atomic E-state index is 0.0445. The van der Waals surface area contributed by atoms with Gasteiger partial charge in [0.25, 0.3) is 5.91 Å². The van der Waals surface area contributed by atoms with Gasteiger partial charge < -0.3 is 4.90 Å². The molecule has 0 aliphatic rings.